The van der Waals surface area contributed by atoms with Gasteiger partial charge in [0.25, 0.3) is 0 Å². The van der Waals surface area contributed by atoms with Crippen LogP contribution in [0, 0.1) is 12.7 Å². The number of carbonyl (C=O) groups is 1. The summed E-state index contributed by atoms with van der Waals surface area (Å²) in [5, 5.41) is 11.1. The van der Waals surface area contributed by atoms with E-state index in [-0.39, 0.29) is 11.7 Å². The molecule has 0 fully saturated rings. The van der Waals surface area contributed by atoms with Crippen molar-refractivity contribution in [2.75, 3.05) is 6.54 Å². The van der Waals surface area contributed by atoms with Gasteiger partial charge in [0, 0.05) is 35.3 Å². The van der Waals surface area contributed by atoms with Crippen molar-refractivity contribution in [1.29, 1.82) is 0 Å². The normalized spacial score (nSPS) is 11.1. The van der Waals surface area contributed by atoms with Gasteiger partial charge in [-0.25, -0.2) is 4.39 Å². The molecule has 2 heterocycles. The second-order valence-electron chi connectivity index (χ2n) is 7.50. The fourth-order valence-corrected chi connectivity index (χ4v) is 3.78. The van der Waals surface area contributed by atoms with Crippen LogP contribution in [0.4, 0.5) is 4.39 Å². The van der Waals surface area contributed by atoms with Gasteiger partial charge >= 0.3 is 0 Å². The van der Waals surface area contributed by atoms with Crippen molar-refractivity contribution < 1.29 is 9.18 Å². The van der Waals surface area contributed by atoms with Crippen LogP contribution in [0.15, 0.2) is 54.7 Å². The largest absolute Gasteiger partial charge is 0.356 e. The number of fused-ring (bicyclic) bond motifs is 1. The maximum absolute atomic E-state index is 13.4. The zero-order valence-corrected chi connectivity index (χ0v) is 17.0. The van der Waals surface area contributed by atoms with Crippen LogP contribution in [0.1, 0.15) is 29.7 Å². The summed E-state index contributed by atoms with van der Waals surface area (Å²) >= 11 is 0. The van der Waals surface area contributed by atoms with Crippen LogP contribution in [-0.2, 0) is 17.6 Å². The number of amides is 1. The Morgan fingerprint density at radius 3 is 2.67 bits per heavy atom. The summed E-state index contributed by atoms with van der Waals surface area (Å²) in [5.41, 5.74) is 6.22. The predicted molar refractivity (Wildman–Crippen MR) is 117 cm³/mol. The Balaban J connectivity index is 1.40. The summed E-state index contributed by atoms with van der Waals surface area (Å²) in [6.45, 7) is 2.64. The zero-order valence-electron chi connectivity index (χ0n) is 17.0. The number of para-hydroxylation sites is 1. The van der Waals surface area contributed by atoms with Gasteiger partial charge in [0.05, 0.1) is 6.20 Å². The van der Waals surface area contributed by atoms with Crippen LogP contribution in [0.2, 0.25) is 0 Å². The molecular formula is C24H25FN4O. The zero-order chi connectivity index (χ0) is 20.9. The topological polar surface area (TPSA) is 73.6 Å². The molecule has 0 saturated heterocycles. The van der Waals surface area contributed by atoms with Crippen LogP contribution in [0.25, 0.3) is 22.2 Å². The van der Waals surface area contributed by atoms with Gasteiger partial charge in [-0.2, -0.15) is 5.10 Å². The van der Waals surface area contributed by atoms with Gasteiger partial charge in [0.15, 0.2) is 0 Å². The third-order valence-electron chi connectivity index (χ3n) is 5.43. The minimum atomic E-state index is -0.263. The molecule has 0 bridgehead atoms. The third kappa shape index (κ3) is 4.43. The van der Waals surface area contributed by atoms with Crippen molar-refractivity contribution in [2.24, 2.45) is 0 Å². The van der Waals surface area contributed by atoms with Crippen molar-refractivity contribution in [1.82, 2.24) is 20.5 Å². The molecule has 4 aromatic rings. The molecule has 0 unspecified atom stereocenters. The molecule has 30 heavy (non-hydrogen) atoms. The lowest BCUT2D eigenvalue weighted by Crippen LogP contribution is -2.25. The Morgan fingerprint density at radius 1 is 1.10 bits per heavy atom. The molecular weight excluding hydrogens is 379 g/mol. The van der Waals surface area contributed by atoms with Crippen LogP contribution in [0.3, 0.4) is 0 Å². The minimum Gasteiger partial charge on any atom is -0.356 e. The Bertz CT molecular complexity index is 1140. The summed E-state index contributed by atoms with van der Waals surface area (Å²) in [5.74, 6) is -0.226. The summed E-state index contributed by atoms with van der Waals surface area (Å²) in [7, 11) is 0. The molecule has 5 nitrogen and oxygen atoms in total. The van der Waals surface area contributed by atoms with Gasteiger partial charge in [-0.15, -0.1) is 0 Å². The summed E-state index contributed by atoms with van der Waals surface area (Å²) in [6, 6.07) is 14.5. The number of aryl methyl sites for hydroxylation is 3. The van der Waals surface area contributed by atoms with Crippen molar-refractivity contribution in [3.05, 3.63) is 77.4 Å². The molecule has 0 saturated carbocycles. The molecule has 2 aromatic heterocycles. The minimum absolute atomic E-state index is 0.0363. The number of hydrogen-bond acceptors (Lipinski definition) is 2. The predicted octanol–water partition coefficient (Wildman–Crippen LogP) is 4.69. The first-order valence-electron chi connectivity index (χ1n) is 10.2. The Morgan fingerprint density at radius 2 is 1.90 bits per heavy atom. The number of halogens is 1. The average molecular weight is 404 g/mol. The third-order valence-corrected chi connectivity index (χ3v) is 5.43. The molecule has 0 atom stereocenters. The lowest BCUT2D eigenvalue weighted by atomic mass is 10.0. The quantitative estimate of drug-likeness (QED) is 0.373. The van der Waals surface area contributed by atoms with Crippen molar-refractivity contribution in [3.63, 3.8) is 0 Å². The lowest BCUT2D eigenvalue weighted by molar-refractivity contribution is -0.121. The molecule has 6 heteroatoms. The summed E-state index contributed by atoms with van der Waals surface area (Å²) in [6.07, 6.45) is 4.62. The van der Waals surface area contributed by atoms with Gasteiger partial charge in [0.2, 0.25) is 5.91 Å². The summed E-state index contributed by atoms with van der Waals surface area (Å²) in [4.78, 5) is 15.8. The highest BCUT2D eigenvalue weighted by molar-refractivity contribution is 5.91. The standard InChI is InChI=1S/C24H25FN4O/c1-16-18(15-27-29-16)5-4-14-26-23(30)13-12-21-20-6-2-3-7-22(20)28-24(21)17-8-10-19(25)11-9-17/h2-3,6-11,15,28H,4-5,12-14H2,1H3,(H,26,30)(H,27,29). The molecule has 1 amide bonds. The number of H-pyrrole nitrogens is 2. The highest BCUT2D eigenvalue weighted by atomic mass is 19.1. The number of carbonyl (C=O) groups excluding carboxylic acids is 1. The van der Waals surface area contributed by atoms with E-state index < -0.39 is 0 Å². The van der Waals surface area contributed by atoms with Gasteiger partial charge in [-0.05, 0) is 73.2 Å². The van der Waals surface area contributed by atoms with E-state index in [0.29, 0.717) is 19.4 Å². The number of hydrogen-bond donors (Lipinski definition) is 3. The van der Waals surface area contributed by atoms with E-state index in [1.165, 1.54) is 17.7 Å². The van der Waals surface area contributed by atoms with Gasteiger partial charge < -0.3 is 10.3 Å². The molecule has 4 rings (SSSR count). The van der Waals surface area contributed by atoms with E-state index in [2.05, 4.69) is 26.6 Å². The van der Waals surface area contributed by atoms with E-state index in [1.807, 2.05) is 31.3 Å². The molecule has 3 N–H and O–H groups in total. The number of aromatic nitrogens is 3. The molecule has 0 radical (unpaired) electrons. The Hall–Kier alpha value is -3.41. The first-order chi connectivity index (χ1) is 14.6. The van der Waals surface area contributed by atoms with E-state index in [4.69, 9.17) is 0 Å². The Kier molecular flexibility index (Phi) is 5.93. The number of nitrogens with one attached hydrogen (secondary N) is 3. The van der Waals surface area contributed by atoms with Crippen LogP contribution >= 0.6 is 0 Å². The molecule has 0 spiro atoms. The number of aromatic amines is 2. The number of rotatable bonds is 8. The average Bonchev–Trinajstić information content (AvgIpc) is 3.33. The lowest BCUT2D eigenvalue weighted by Gasteiger charge is -2.07. The number of nitrogens with zero attached hydrogens (tertiary/aromatic N) is 1. The monoisotopic (exact) mass is 404 g/mol. The molecule has 0 aliphatic heterocycles. The fourth-order valence-electron chi connectivity index (χ4n) is 3.78. The molecule has 154 valence electrons. The smallest absolute Gasteiger partial charge is 0.220 e. The molecule has 2 aromatic carbocycles. The van der Waals surface area contributed by atoms with E-state index in [0.717, 1.165) is 46.3 Å². The van der Waals surface area contributed by atoms with E-state index >= 15 is 0 Å². The maximum atomic E-state index is 13.4. The molecule has 0 aliphatic carbocycles. The first-order valence-corrected chi connectivity index (χ1v) is 10.2. The first kappa shape index (κ1) is 19.9. The second-order valence-corrected chi connectivity index (χ2v) is 7.50. The molecule has 0 aliphatic rings. The Labute approximate surface area is 174 Å². The SMILES string of the molecule is Cc1[nH]ncc1CCCNC(=O)CCc1c(-c2ccc(F)cc2)[nH]c2ccccc12. The summed E-state index contributed by atoms with van der Waals surface area (Å²) < 4.78 is 13.4. The van der Waals surface area contributed by atoms with Crippen molar-refractivity contribution in [2.45, 2.75) is 32.6 Å². The fraction of sp³-hybridized carbons (Fsp3) is 0.250. The van der Waals surface area contributed by atoms with E-state index in [1.54, 1.807) is 12.1 Å². The van der Waals surface area contributed by atoms with Gasteiger partial charge in [-0.1, -0.05) is 18.2 Å². The van der Waals surface area contributed by atoms with Crippen LogP contribution in [-0.4, -0.2) is 27.6 Å². The highest BCUT2D eigenvalue weighted by Gasteiger charge is 2.14. The van der Waals surface area contributed by atoms with Gasteiger partial charge in [0.1, 0.15) is 5.82 Å². The van der Waals surface area contributed by atoms with Crippen LogP contribution < -0.4 is 5.32 Å². The second kappa shape index (κ2) is 8.95. The number of benzene rings is 2. The van der Waals surface area contributed by atoms with E-state index in [9.17, 15) is 9.18 Å². The van der Waals surface area contributed by atoms with Crippen molar-refractivity contribution in [3.8, 4) is 11.3 Å². The maximum Gasteiger partial charge on any atom is 0.220 e. The van der Waals surface area contributed by atoms with Gasteiger partial charge in [-0.3, -0.25) is 9.89 Å². The highest BCUT2D eigenvalue weighted by Crippen LogP contribution is 2.31. The van der Waals surface area contributed by atoms with Crippen LogP contribution in [0.5, 0.6) is 0 Å². The van der Waals surface area contributed by atoms with Crippen molar-refractivity contribution >= 4 is 16.8 Å².